The van der Waals surface area contributed by atoms with Crippen molar-refractivity contribution in [3.05, 3.63) is 11.9 Å². The minimum Gasteiger partial charge on any atom is -0.493 e. The molecule has 0 aromatic carbocycles. The van der Waals surface area contributed by atoms with Crippen molar-refractivity contribution in [3.8, 4) is 5.75 Å². The average molecular weight is 251 g/mol. The number of aromatic nitrogens is 2. The van der Waals surface area contributed by atoms with Gasteiger partial charge in [-0.05, 0) is 37.8 Å². The number of ether oxygens (including phenoxy) is 1. The first-order chi connectivity index (χ1) is 8.63. The molecule has 4 nitrogen and oxygen atoms in total. The second kappa shape index (κ2) is 5.74. The second-order valence-electron chi connectivity index (χ2n) is 5.72. The van der Waals surface area contributed by atoms with E-state index in [1.165, 1.54) is 18.5 Å². The van der Waals surface area contributed by atoms with E-state index in [2.05, 4.69) is 24.3 Å². The van der Waals surface area contributed by atoms with Crippen LogP contribution in [0.5, 0.6) is 5.75 Å². The zero-order valence-electron chi connectivity index (χ0n) is 11.9. The van der Waals surface area contributed by atoms with E-state index in [1.54, 1.807) is 7.11 Å². The number of aryl methyl sites for hydroxylation is 1. The van der Waals surface area contributed by atoms with Gasteiger partial charge in [-0.2, -0.15) is 5.10 Å². The lowest BCUT2D eigenvalue weighted by Crippen LogP contribution is -2.36. The van der Waals surface area contributed by atoms with Crippen LogP contribution in [0.1, 0.15) is 38.3 Å². The fourth-order valence-electron chi connectivity index (χ4n) is 2.74. The third kappa shape index (κ3) is 2.69. The topological polar surface area (TPSA) is 39.1 Å². The van der Waals surface area contributed by atoms with Crippen LogP contribution in [0, 0.1) is 11.8 Å². The van der Waals surface area contributed by atoms with Gasteiger partial charge in [0, 0.05) is 13.0 Å². The molecule has 1 fully saturated rings. The molecule has 1 N–H and O–H groups in total. The van der Waals surface area contributed by atoms with E-state index in [4.69, 9.17) is 4.74 Å². The minimum absolute atomic E-state index is 0.604. The van der Waals surface area contributed by atoms with Crippen molar-refractivity contribution in [2.75, 3.05) is 20.2 Å². The number of rotatable bonds is 6. The average Bonchev–Trinajstić information content (AvgIpc) is 2.65. The molecule has 0 saturated heterocycles. The molecule has 2 unspecified atom stereocenters. The van der Waals surface area contributed by atoms with E-state index in [9.17, 15) is 0 Å². The molecule has 0 amide bonds. The Morgan fingerprint density at radius 3 is 2.83 bits per heavy atom. The number of hydrogen-bond donors (Lipinski definition) is 1. The van der Waals surface area contributed by atoms with Crippen LogP contribution in [0.15, 0.2) is 6.20 Å². The van der Waals surface area contributed by atoms with Gasteiger partial charge in [-0.25, -0.2) is 0 Å². The molecule has 2 rings (SSSR count). The Morgan fingerprint density at radius 2 is 2.28 bits per heavy atom. The molecule has 1 heterocycles. The molecular formula is C14H25N3O. The number of hydrogen-bond acceptors (Lipinski definition) is 3. The summed E-state index contributed by atoms with van der Waals surface area (Å²) in [4.78, 5) is 0. The minimum atomic E-state index is 0.604. The van der Waals surface area contributed by atoms with Gasteiger partial charge < -0.3 is 10.1 Å². The molecule has 102 valence electrons. The highest BCUT2D eigenvalue weighted by molar-refractivity contribution is 5.30. The van der Waals surface area contributed by atoms with Gasteiger partial charge in [0.25, 0.3) is 0 Å². The van der Waals surface area contributed by atoms with Crippen LogP contribution in [0.3, 0.4) is 0 Å². The number of nitrogens with one attached hydrogen (secondary N) is 1. The summed E-state index contributed by atoms with van der Waals surface area (Å²) >= 11 is 0. The molecule has 2 atom stereocenters. The zero-order chi connectivity index (χ0) is 13.1. The van der Waals surface area contributed by atoms with Crippen molar-refractivity contribution in [1.82, 2.24) is 15.1 Å². The van der Waals surface area contributed by atoms with Crippen molar-refractivity contribution in [1.29, 1.82) is 0 Å². The molecule has 1 aromatic rings. The van der Waals surface area contributed by atoms with Crippen molar-refractivity contribution in [2.45, 2.75) is 32.6 Å². The van der Waals surface area contributed by atoms with Crippen LogP contribution in [0.25, 0.3) is 0 Å². The first-order valence-corrected chi connectivity index (χ1v) is 6.90. The highest BCUT2D eigenvalue weighted by Gasteiger charge is 2.35. The molecule has 1 aliphatic carbocycles. The third-order valence-electron chi connectivity index (χ3n) is 3.90. The monoisotopic (exact) mass is 251 g/mol. The maximum absolute atomic E-state index is 5.41. The van der Waals surface area contributed by atoms with Crippen molar-refractivity contribution in [2.24, 2.45) is 18.9 Å². The quantitative estimate of drug-likeness (QED) is 0.842. The van der Waals surface area contributed by atoms with Gasteiger partial charge in [-0.3, -0.25) is 4.68 Å². The van der Waals surface area contributed by atoms with Gasteiger partial charge in [0.2, 0.25) is 0 Å². The molecule has 1 saturated carbocycles. The van der Waals surface area contributed by atoms with E-state index >= 15 is 0 Å². The summed E-state index contributed by atoms with van der Waals surface area (Å²) in [5.41, 5.74) is 1.26. The van der Waals surface area contributed by atoms with Gasteiger partial charge >= 0.3 is 0 Å². The van der Waals surface area contributed by atoms with Gasteiger partial charge in [-0.15, -0.1) is 0 Å². The number of nitrogens with zero attached hydrogens (tertiary/aromatic N) is 2. The van der Waals surface area contributed by atoms with Crippen molar-refractivity contribution in [3.63, 3.8) is 0 Å². The Labute approximate surface area is 110 Å². The van der Waals surface area contributed by atoms with Crippen molar-refractivity contribution < 1.29 is 4.74 Å². The predicted molar refractivity (Wildman–Crippen MR) is 72.9 cm³/mol. The van der Waals surface area contributed by atoms with Crippen LogP contribution in [-0.2, 0) is 7.05 Å². The Kier molecular flexibility index (Phi) is 4.27. The lowest BCUT2D eigenvalue weighted by molar-refractivity contribution is 0.228. The molecule has 0 spiro atoms. The fourth-order valence-corrected chi connectivity index (χ4v) is 2.74. The third-order valence-corrected chi connectivity index (χ3v) is 3.90. The SMILES string of the molecule is COc1cnn(C)c1C1CCC1CNCC(C)C. The summed E-state index contributed by atoms with van der Waals surface area (Å²) in [6, 6.07) is 0. The van der Waals surface area contributed by atoms with Gasteiger partial charge in [0.15, 0.2) is 5.75 Å². The smallest absolute Gasteiger partial charge is 0.160 e. The second-order valence-corrected chi connectivity index (χ2v) is 5.72. The zero-order valence-corrected chi connectivity index (χ0v) is 11.9. The molecule has 0 aliphatic heterocycles. The van der Waals surface area contributed by atoms with E-state index < -0.39 is 0 Å². The Bertz CT molecular complexity index is 386. The summed E-state index contributed by atoms with van der Waals surface area (Å²) in [6.07, 6.45) is 4.39. The lowest BCUT2D eigenvalue weighted by Gasteiger charge is -2.37. The van der Waals surface area contributed by atoms with Crippen LogP contribution >= 0.6 is 0 Å². The summed E-state index contributed by atoms with van der Waals surface area (Å²) in [5.74, 6) is 2.99. The van der Waals surface area contributed by atoms with Crippen LogP contribution in [-0.4, -0.2) is 30.0 Å². The van der Waals surface area contributed by atoms with E-state index in [-0.39, 0.29) is 0 Å². The normalized spacial score (nSPS) is 23.2. The first-order valence-electron chi connectivity index (χ1n) is 6.90. The standard InChI is InChI=1S/C14H25N3O/c1-10(2)7-15-8-11-5-6-12(11)14-13(18-4)9-16-17(14)3/h9-12,15H,5-8H2,1-4H3. The molecule has 18 heavy (non-hydrogen) atoms. The molecule has 4 heteroatoms. The Hall–Kier alpha value is -1.03. The largest absolute Gasteiger partial charge is 0.493 e. The molecule has 0 bridgehead atoms. The predicted octanol–water partition coefficient (Wildman–Crippen LogP) is 2.17. The number of methoxy groups -OCH3 is 1. The molecule has 1 aliphatic rings. The Morgan fingerprint density at radius 1 is 1.50 bits per heavy atom. The maximum Gasteiger partial charge on any atom is 0.160 e. The summed E-state index contributed by atoms with van der Waals surface area (Å²) in [6.45, 7) is 6.70. The highest BCUT2D eigenvalue weighted by Crippen LogP contribution is 2.45. The van der Waals surface area contributed by atoms with Crippen molar-refractivity contribution >= 4 is 0 Å². The fraction of sp³-hybridized carbons (Fsp3) is 0.786. The first kappa shape index (κ1) is 13.4. The molecule has 0 radical (unpaired) electrons. The summed E-state index contributed by atoms with van der Waals surface area (Å²) in [7, 11) is 3.74. The van der Waals surface area contributed by atoms with Gasteiger partial charge in [-0.1, -0.05) is 13.8 Å². The van der Waals surface area contributed by atoms with Gasteiger partial charge in [0.1, 0.15) is 0 Å². The Balaban J connectivity index is 1.95. The van der Waals surface area contributed by atoms with E-state index in [1.807, 2.05) is 17.9 Å². The summed E-state index contributed by atoms with van der Waals surface area (Å²) in [5, 5.41) is 7.87. The van der Waals surface area contributed by atoms with Crippen LogP contribution in [0.2, 0.25) is 0 Å². The van der Waals surface area contributed by atoms with Crippen LogP contribution in [0.4, 0.5) is 0 Å². The molecular weight excluding hydrogens is 226 g/mol. The summed E-state index contributed by atoms with van der Waals surface area (Å²) < 4.78 is 7.38. The van der Waals surface area contributed by atoms with E-state index in [0.29, 0.717) is 5.92 Å². The molecule has 1 aromatic heterocycles. The van der Waals surface area contributed by atoms with E-state index in [0.717, 1.165) is 30.7 Å². The highest BCUT2D eigenvalue weighted by atomic mass is 16.5. The van der Waals surface area contributed by atoms with Gasteiger partial charge in [0.05, 0.1) is 19.0 Å². The maximum atomic E-state index is 5.41. The van der Waals surface area contributed by atoms with Crippen LogP contribution < -0.4 is 10.1 Å². The lowest BCUT2D eigenvalue weighted by atomic mass is 9.71.